The molecule has 0 aromatic carbocycles. The van der Waals surface area contributed by atoms with Crippen LogP contribution in [0.3, 0.4) is 0 Å². The lowest BCUT2D eigenvalue weighted by molar-refractivity contribution is -0.929. The minimum atomic E-state index is -2.61. The van der Waals surface area contributed by atoms with E-state index in [0.717, 1.165) is 0 Å². The van der Waals surface area contributed by atoms with Crippen molar-refractivity contribution in [3.63, 3.8) is 0 Å². The van der Waals surface area contributed by atoms with Crippen LogP contribution in [0, 0.1) is 0 Å². The molecule has 0 radical (unpaired) electrons. The van der Waals surface area contributed by atoms with E-state index in [0.29, 0.717) is 0 Å². The summed E-state index contributed by atoms with van der Waals surface area (Å²) in [6.45, 7) is 15.0. The number of rotatable bonds is 12. The summed E-state index contributed by atoms with van der Waals surface area (Å²) in [7, 11) is 0. The third-order valence-corrected chi connectivity index (χ3v) is 3.94. The smallest absolute Gasteiger partial charge is 0.299 e. The molecule has 130 valence electrons. The van der Waals surface area contributed by atoms with Crippen molar-refractivity contribution in [1.82, 2.24) is 0 Å². The van der Waals surface area contributed by atoms with Gasteiger partial charge in [-0.3, -0.25) is 9.11 Å². The molecule has 21 heavy (non-hydrogen) atoms. The molecule has 4 nitrogen and oxygen atoms in total. The van der Waals surface area contributed by atoms with Gasteiger partial charge in [0.15, 0.2) is 0 Å². The fraction of sp³-hybridized carbons (Fsp3) is 1.00. The van der Waals surface area contributed by atoms with Crippen LogP contribution in [0.5, 0.6) is 0 Å². The Bertz CT molecular complexity index is 196. The summed E-state index contributed by atoms with van der Waals surface area (Å²) >= 11 is -2.61. The zero-order valence-corrected chi connectivity index (χ0v) is 15.5. The molecule has 0 aromatic rings. The van der Waals surface area contributed by atoms with Crippen molar-refractivity contribution < 1.29 is 17.8 Å². The molecule has 0 saturated carbocycles. The lowest BCUT2D eigenvalue weighted by Crippen LogP contribution is -2.50. The normalized spacial score (nSPS) is 11.4. The van der Waals surface area contributed by atoms with E-state index in [2.05, 4.69) is 27.7 Å². The van der Waals surface area contributed by atoms with Crippen LogP contribution in [0.2, 0.25) is 0 Å². The lowest BCUT2D eigenvalue weighted by atomic mass is 10.1. The first-order valence-electron chi connectivity index (χ1n) is 8.63. The van der Waals surface area contributed by atoms with Gasteiger partial charge in [-0.15, -0.1) is 0 Å². The molecule has 0 aliphatic carbocycles. The summed E-state index contributed by atoms with van der Waals surface area (Å²) in [5.74, 6) is 0. The average Bonchev–Trinajstić information content (AvgIpc) is 2.45. The van der Waals surface area contributed by atoms with E-state index in [-0.39, 0.29) is 0 Å². The van der Waals surface area contributed by atoms with Gasteiger partial charge in [0.1, 0.15) is 0 Å². The Morgan fingerprint density at radius 3 is 1.00 bits per heavy atom. The van der Waals surface area contributed by atoms with E-state index in [4.69, 9.17) is 13.3 Å². The number of hydrogen-bond donors (Lipinski definition) is 2. The first-order valence-corrected chi connectivity index (χ1v) is 9.69. The van der Waals surface area contributed by atoms with E-state index in [9.17, 15) is 0 Å². The van der Waals surface area contributed by atoms with Crippen molar-refractivity contribution in [3.8, 4) is 0 Å². The summed E-state index contributed by atoms with van der Waals surface area (Å²) in [6.07, 6.45) is 11.1. The van der Waals surface area contributed by atoms with Gasteiger partial charge in [-0.25, -0.2) is 0 Å². The minimum Gasteiger partial charge on any atom is -0.324 e. The highest BCUT2D eigenvalue weighted by molar-refractivity contribution is 7.73. The highest BCUT2D eigenvalue weighted by atomic mass is 32.2. The fourth-order valence-electron chi connectivity index (χ4n) is 2.64. The van der Waals surface area contributed by atoms with Crippen LogP contribution in [-0.2, 0) is 11.4 Å². The molecule has 0 fully saturated rings. The van der Waals surface area contributed by atoms with Crippen LogP contribution >= 0.6 is 0 Å². The SMILES string of the molecule is CCCC[N+](CCCC)(CCCC)CCCC.O=S(O)O. The lowest BCUT2D eigenvalue weighted by Gasteiger charge is -2.39. The molecule has 0 aromatic heterocycles. The zero-order valence-electron chi connectivity index (χ0n) is 14.6. The molecule has 2 N–H and O–H groups in total. The van der Waals surface area contributed by atoms with Gasteiger partial charge in [0.2, 0.25) is 0 Å². The van der Waals surface area contributed by atoms with Gasteiger partial charge in [-0.1, -0.05) is 53.4 Å². The summed E-state index contributed by atoms with van der Waals surface area (Å²) < 4.78 is 24.3. The number of nitrogens with zero attached hydrogens (tertiary/aromatic N) is 1. The highest BCUT2D eigenvalue weighted by Gasteiger charge is 2.24. The quantitative estimate of drug-likeness (QED) is 0.404. The van der Waals surface area contributed by atoms with Crippen LogP contribution in [0.4, 0.5) is 0 Å². The number of unbranched alkanes of at least 4 members (excludes halogenated alkanes) is 4. The fourth-order valence-corrected chi connectivity index (χ4v) is 2.64. The van der Waals surface area contributed by atoms with Crippen molar-refractivity contribution >= 4 is 11.4 Å². The zero-order chi connectivity index (χ0) is 16.6. The maximum absolute atomic E-state index is 8.67. The van der Waals surface area contributed by atoms with Gasteiger partial charge in [0.25, 0.3) is 11.4 Å². The number of quaternary nitrogens is 1. The highest BCUT2D eigenvalue weighted by Crippen LogP contribution is 2.16. The molecular weight excluding hydrogens is 286 g/mol. The Balaban J connectivity index is 0. The molecule has 0 rings (SSSR count). The first-order chi connectivity index (χ1) is 9.97. The molecule has 0 heterocycles. The van der Waals surface area contributed by atoms with Crippen LogP contribution in [0.15, 0.2) is 0 Å². The Kier molecular flexibility index (Phi) is 18.2. The standard InChI is InChI=1S/C16H36N.H2O3S/c1-5-9-13-17(14-10-6-2,15-11-7-3)16-12-8-4;1-4(2)3/h5-16H2,1-4H3;(H2,1,2,3)/q+1;. The molecule has 0 aliphatic heterocycles. The van der Waals surface area contributed by atoms with Gasteiger partial charge in [-0.2, -0.15) is 4.21 Å². The van der Waals surface area contributed by atoms with Crippen molar-refractivity contribution in [1.29, 1.82) is 0 Å². The third kappa shape index (κ3) is 16.2. The van der Waals surface area contributed by atoms with Gasteiger partial charge in [0.05, 0.1) is 26.2 Å². The van der Waals surface area contributed by atoms with E-state index < -0.39 is 11.4 Å². The maximum atomic E-state index is 8.67. The van der Waals surface area contributed by atoms with Crippen molar-refractivity contribution in [3.05, 3.63) is 0 Å². The first kappa shape index (κ1) is 23.3. The predicted octanol–water partition coefficient (Wildman–Crippen LogP) is 4.68. The van der Waals surface area contributed by atoms with Crippen LogP contribution in [-0.4, -0.2) is 44.0 Å². The predicted molar refractivity (Wildman–Crippen MR) is 92.8 cm³/mol. The topological polar surface area (TPSA) is 57.5 Å². The summed E-state index contributed by atoms with van der Waals surface area (Å²) in [5, 5.41) is 0. The van der Waals surface area contributed by atoms with E-state index in [1.165, 1.54) is 82.0 Å². The van der Waals surface area contributed by atoms with Crippen molar-refractivity contribution in [2.45, 2.75) is 79.1 Å². The molecule has 0 atom stereocenters. The van der Waals surface area contributed by atoms with E-state index in [1.807, 2.05) is 0 Å². The maximum Gasteiger partial charge on any atom is 0.299 e. The number of hydrogen-bond acceptors (Lipinski definition) is 1. The molecule has 0 spiro atoms. The summed E-state index contributed by atoms with van der Waals surface area (Å²) in [4.78, 5) is 0. The second-order valence-corrected chi connectivity index (χ2v) is 6.34. The van der Waals surface area contributed by atoms with E-state index >= 15 is 0 Å². The monoisotopic (exact) mass is 324 g/mol. The molecule has 0 unspecified atom stereocenters. The Morgan fingerprint density at radius 2 is 0.857 bits per heavy atom. The van der Waals surface area contributed by atoms with Crippen LogP contribution in [0.25, 0.3) is 0 Å². The van der Waals surface area contributed by atoms with Gasteiger partial charge in [-0.05, 0) is 25.7 Å². The second kappa shape index (κ2) is 16.4. The Hall–Kier alpha value is 0.0300. The molecule has 0 aliphatic rings. The van der Waals surface area contributed by atoms with Gasteiger partial charge < -0.3 is 4.48 Å². The van der Waals surface area contributed by atoms with E-state index in [1.54, 1.807) is 0 Å². The summed E-state index contributed by atoms with van der Waals surface area (Å²) in [6, 6.07) is 0. The van der Waals surface area contributed by atoms with Crippen molar-refractivity contribution in [2.24, 2.45) is 0 Å². The van der Waals surface area contributed by atoms with Crippen molar-refractivity contribution in [2.75, 3.05) is 26.2 Å². The van der Waals surface area contributed by atoms with Gasteiger partial charge >= 0.3 is 0 Å². The Morgan fingerprint density at radius 1 is 0.667 bits per heavy atom. The second-order valence-electron chi connectivity index (χ2n) is 5.88. The molecule has 0 bridgehead atoms. The van der Waals surface area contributed by atoms with Crippen LogP contribution < -0.4 is 0 Å². The molecule has 0 amide bonds. The third-order valence-electron chi connectivity index (χ3n) is 3.94. The van der Waals surface area contributed by atoms with Crippen LogP contribution in [0.1, 0.15) is 79.1 Å². The van der Waals surface area contributed by atoms with Gasteiger partial charge in [0, 0.05) is 0 Å². The summed E-state index contributed by atoms with van der Waals surface area (Å²) in [5.41, 5.74) is 0. The molecule has 0 saturated heterocycles. The molecule has 5 heteroatoms. The average molecular weight is 325 g/mol. The molecular formula is C16H38NO3S+. The minimum absolute atomic E-state index is 1.35. The largest absolute Gasteiger partial charge is 0.324 e. The Labute approximate surface area is 135 Å².